The van der Waals surface area contributed by atoms with E-state index in [-0.39, 0.29) is 42.2 Å². The Morgan fingerprint density at radius 2 is 1.58 bits per heavy atom. The van der Waals surface area contributed by atoms with Gasteiger partial charge < -0.3 is 15.4 Å². The summed E-state index contributed by atoms with van der Waals surface area (Å²) in [4.78, 5) is 4.16. The average molecular weight is 475 g/mol. The molecule has 0 radical (unpaired) electrons. The van der Waals surface area contributed by atoms with Crippen LogP contribution in [0.2, 0.25) is 0 Å². The number of aryl methyl sites for hydroxylation is 1. The lowest BCUT2D eigenvalue weighted by molar-refractivity contribution is 0.181. The molecule has 2 rings (SSSR count). The van der Waals surface area contributed by atoms with Gasteiger partial charge in [0.15, 0.2) is 5.96 Å². The highest BCUT2D eigenvalue weighted by Crippen LogP contribution is 2.12. The third kappa shape index (κ3) is 6.53. The van der Waals surface area contributed by atoms with E-state index in [4.69, 9.17) is 4.74 Å². The Hall–Kier alpha value is -1.74. The van der Waals surface area contributed by atoms with Crippen LogP contribution in [0.4, 0.5) is 8.78 Å². The van der Waals surface area contributed by atoms with Crippen LogP contribution in [0.5, 0.6) is 0 Å². The molecule has 2 N–H and O–H groups in total. The fraction of sp³-hybridized carbons (Fsp3) is 0.316. The van der Waals surface area contributed by atoms with Gasteiger partial charge in [-0.25, -0.2) is 8.78 Å². The number of ether oxygens (including phenoxy) is 1. The zero-order valence-corrected chi connectivity index (χ0v) is 17.4. The summed E-state index contributed by atoms with van der Waals surface area (Å²) in [6.07, 6.45) is 0. The van der Waals surface area contributed by atoms with Crippen molar-refractivity contribution in [2.75, 3.05) is 14.2 Å². The summed E-state index contributed by atoms with van der Waals surface area (Å²) in [5.74, 6) is 0.119. The molecule has 2 aromatic rings. The van der Waals surface area contributed by atoms with Gasteiger partial charge in [0.1, 0.15) is 11.6 Å². The molecule has 0 saturated carbocycles. The summed E-state index contributed by atoms with van der Waals surface area (Å²) in [6, 6.07) is 9.91. The van der Waals surface area contributed by atoms with Gasteiger partial charge in [0.05, 0.1) is 6.61 Å². The highest BCUT2D eigenvalue weighted by atomic mass is 127. The van der Waals surface area contributed by atoms with Crippen molar-refractivity contribution in [1.29, 1.82) is 0 Å². The van der Waals surface area contributed by atoms with Crippen LogP contribution < -0.4 is 10.6 Å². The van der Waals surface area contributed by atoms with Crippen molar-refractivity contribution in [3.63, 3.8) is 0 Å². The molecule has 26 heavy (non-hydrogen) atoms. The Labute approximate surface area is 170 Å². The van der Waals surface area contributed by atoms with E-state index in [2.05, 4.69) is 15.6 Å². The van der Waals surface area contributed by atoms with E-state index in [1.165, 1.54) is 19.2 Å². The summed E-state index contributed by atoms with van der Waals surface area (Å²) in [7, 11) is 3.21. The van der Waals surface area contributed by atoms with Crippen LogP contribution >= 0.6 is 24.0 Å². The maximum atomic E-state index is 13.6. The van der Waals surface area contributed by atoms with Crippen LogP contribution in [0, 0.1) is 18.6 Å². The lowest BCUT2D eigenvalue weighted by Crippen LogP contribution is -2.36. The molecule has 0 aromatic heterocycles. The number of hydrogen-bond acceptors (Lipinski definition) is 2. The molecule has 0 aliphatic rings. The van der Waals surface area contributed by atoms with Gasteiger partial charge in [-0.2, -0.15) is 0 Å². The van der Waals surface area contributed by atoms with Crippen molar-refractivity contribution in [2.45, 2.75) is 26.6 Å². The molecule has 0 aliphatic heterocycles. The van der Waals surface area contributed by atoms with E-state index in [0.717, 1.165) is 11.1 Å². The number of nitrogens with zero attached hydrogens (tertiary/aromatic N) is 1. The first-order valence-corrected chi connectivity index (χ1v) is 7.99. The number of guanidine groups is 1. The minimum absolute atomic E-state index is 0. The molecule has 7 heteroatoms. The zero-order chi connectivity index (χ0) is 18.2. The largest absolute Gasteiger partial charge is 0.380 e. The lowest BCUT2D eigenvalue weighted by atomic mass is 10.1. The standard InChI is InChI=1S/C19H23F2N3O.HI/c1-13-8-14(4-6-17(13)20)10-23-19(22-2)24-11-15-5-7-18(21)16(9-15)12-25-3;/h4-9H,10-12H2,1-3H3,(H2,22,23,24);1H. The molecule has 0 bridgehead atoms. The second kappa shape index (κ2) is 11.1. The van der Waals surface area contributed by atoms with Crippen molar-refractivity contribution in [2.24, 2.45) is 4.99 Å². The predicted octanol–water partition coefficient (Wildman–Crippen LogP) is 3.90. The molecule has 0 fully saturated rings. The molecule has 0 atom stereocenters. The van der Waals surface area contributed by atoms with Gasteiger partial charge in [-0.05, 0) is 41.8 Å². The summed E-state index contributed by atoms with van der Waals surface area (Å²) in [5.41, 5.74) is 3.02. The number of aliphatic imine (C=N–C) groups is 1. The summed E-state index contributed by atoms with van der Waals surface area (Å²) in [6.45, 7) is 2.99. The molecule has 0 spiro atoms. The minimum Gasteiger partial charge on any atom is -0.380 e. The Morgan fingerprint density at radius 3 is 2.12 bits per heavy atom. The SMILES string of the molecule is CN=C(NCc1ccc(F)c(C)c1)NCc1ccc(F)c(COC)c1.I. The summed E-state index contributed by atoms with van der Waals surface area (Å²) in [5, 5.41) is 6.34. The van der Waals surface area contributed by atoms with E-state index in [0.29, 0.717) is 30.2 Å². The fourth-order valence-corrected chi connectivity index (χ4v) is 2.41. The number of rotatable bonds is 6. The zero-order valence-electron chi connectivity index (χ0n) is 15.1. The maximum Gasteiger partial charge on any atom is 0.191 e. The monoisotopic (exact) mass is 475 g/mol. The Bertz CT molecular complexity index is 754. The first-order valence-electron chi connectivity index (χ1n) is 7.99. The number of benzene rings is 2. The maximum absolute atomic E-state index is 13.6. The second-order valence-electron chi connectivity index (χ2n) is 5.72. The predicted molar refractivity (Wildman–Crippen MR) is 111 cm³/mol. The molecule has 0 saturated heterocycles. The molecule has 0 unspecified atom stereocenters. The molecular weight excluding hydrogens is 451 g/mol. The van der Waals surface area contributed by atoms with Crippen LogP contribution in [-0.2, 0) is 24.4 Å². The molecule has 4 nitrogen and oxygen atoms in total. The molecule has 0 amide bonds. The normalized spacial score (nSPS) is 11.0. The topological polar surface area (TPSA) is 45.7 Å². The van der Waals surface area contributed by atoms with Crippen LogP contribution in [-0.4, -0.2) is 20.1 Å². The third-order valence-electron chi connectivity index (χ3n) is 3.78. The van der Waals surface area contributed by atoms with Gasteiger partial charge in [-0.3, -0.25) is 4.99 Å². The van der Waals surface area contributed by atoms with Crippen molar-refractivity contribution < 1.29 is 13.5 Å². The molecule has 0 aliphatic carbocycles. The number of methoxy groups -OCH3 is 1. The van der Waals surface area contributed by atoms with Crippen LogP contribution in [0.15, 0.2) is 41.4 Å². The van der Waals surface area contributed by atoms with E-state index in [9.17, 15) is 8.78 Å². The van der Waals surface area contributed by atoms with Gasteiger partial charge in [0.25, 0.3) is 0 Å². The first kappa shape index (κ1) is 22.3. The van der Waals surface area contributed by atoms with Crippen LogP contribution in [0.1, 0.15) is 22.3 Å². The summed E-state index contributed by atoms with van der Waals surface area (Å²) >= 11 is 0. The quantitative estimate of drug-likeness (QED) is 0.379. The van der Waals surface area contributed by atoms with Crippen LogP contribution in [0.3, 0.4) is 0 Å². The Kier molecular flexibility index (Phi) is 9.50. The van der Waals surface area contributed by atoms with E-state index < -0.39 is 0 Å². The minimum atomic E-state index is -0.278. The fourth-order valence-electron chi connectivity index (χ4n) is 2.41. The smallest absolute Gasteiger partial charge is 0.191 e. The van der Waals surface area contributed by atoms with Crippen molar-refractivity contribution in [1.82, 2.24) is 10.6 Å². The van der Waals surface area contributed by atoms with Gasteiger partial charge >= 0.3 is 0 Å². The van der Waals surface area contributed by atoms with Crippen LogP contribution in [0.25, 0.3) is 0 Å². The van der Waals surface area contributed by atoms with Gasteiger partial charge in [0, 0.05) is 32.8 Å². The number of nitrogens with one attached hydrogen (secondary N) is 2. The Balaban J connectivity index is 0.00000338. The van der Waals surface area contributed by atoms with Crippen molar-refractivity contribution >= 4 is 29.9 Å². The molecule has 0 heterocycles. The Morgan fingerprint density at radius 1 is 1.00 bits per heavy atom. The first-order chi connectivity index (χ1) is 12.0. The lowest BCUT2D eigenvalue weighted by Gasteiger charge is -2.13. The van der Waals surface area contributed by atoms with E-state index in [1.54, 1.807) is 38.2 Å². The summed E-state index contributed by atoms with van der Waals surface area (Å²) < 4.78 is 31.9. The third-order valence-corrected chi connectivity index (χ3v) is 3.78. The average Bonchev–Trinajstić information content (AvgIpc) is 2.61. The van der Waals surface area contributed by atoms with Gasteiger partial charge in [-0.1, -0.05) is 18.2 Å². The molecule has 2 aromatic carbocycles. The van der Waals surface area contributed by atoms with E-state index in [1.807, 2.05) is 0 Å². The molecule has 142 valence electrons. The highest BCUT2D eigenvalue weighted by Gasteiger charge is 2.05. The highest BCUT2D eigenvalue weighted by molar-refractivity contribution is 14.0. The second-order valence-corrected chi connectivity index (χ2v) is 5.72. The molecular formula is C19H24F2IN3O. The van der Waals surface area contributed by atoms with Gasteiger partial charge in [-0.15, -0.1) is 24.0 Å². The van der Waals surface area contributed by atoms with E-state index >= 15 is 0 Å². The number of halogens is 3. The number of hydrogen-bond donors (Lipinski definition) is 2. The van der Waals surface area contributed by atoms with Gasteiger partial charge in [0.2, 0.25) is 0 Å². The van der Waals surface area contributed by atoms with Crippen molar-refractivity contribution in [3.05, 3.63) is 70.3 Å². The van der Waals surface area contributed by atoms with Crippen molar-refractivity contribution in [3.8, 4) is 0 Å².